The van der Waals surface area contributed by atoms with Crippen LogP contribution >= 0.6 is 0 Å². The van der Waals surface area contributed by atoms with Gasteiger partial charge in [-0.15, -0.1) is 0 Å². The van der Waals surface area contributed by atoms with E-state index in [2.05, 4.69) is 10.4 Å². The topological polar surface area (TPSA) is 67.2 Å². The summed E-state index contributed by atoms with van der Waals surface area (Å²) in [5.41, 5.74) is 1.88. The Balaban J connectivity index is 1.34. The number of piperidine rings is 1. The van der Waals surface area contributed by atoms with Crippen LogP contribution in [0.15, 0.2) is 30.5 Å². The van der Waals surface area contributed by atoms with Gasteiger partial charge in [-0.05, 0) is 62.3 Å². The molecule has 2 aromatic rings. The fraction of sp³-hybridized carbons (Fsp3) is 0.542. The van der Waals surface area contributed by atoms with Gasteiger partial charge in [0.2, 0.25) is 5.91 Å². The van der Waals surface area contributed by atoms with Crippen molar-refractivity contribution in [3.8, 4) is 0 Å². The van der Waals surface area contributed by atoms with Gasteiger partial charge in [0, 0.05) is 37.9 Å². The van der Waals surface area contributed by atoms with Crippen molar-refractivity contribution in [1.29, 1.82) is 0 Å². The minimum absolute atomic E-state index is 0.225. The summed E-state index contributed by atoms with van der Waals surface area (Å²) in [5, 5.41) is 7.35. The first kappa shape index (κ1) is 21.5. The molecule has 0 radical (unpaired) electrons. The van der Waals surface area contributed by atoms with Crippen molar-refractivity contribution < 1.29 is 14.0 Å². The lowest BCUT2D eigenvalue weighted by molar-refractivity contribution is -0.138. The lowest BCUT2D eigenvalue weighted by Gasteiger charge is -2.35. The highest BCUT2D eigenvalue weighted by Crippen LogP contribution is 2.29. The van der Waals surface area contributed by atoms with E-state index in [1.54, 1.807) is 23.0 Å². The molecule has 0 unspecified atom stereocenters. The molecule has 166 valence electrons. The maximum absolute atomic E-state index is 13.1. The molecule has 0 bridgehead atoms. The third kappa shape index (κ3) is 5.32. The van der Waals surface area contributed by atoms with E-state index in [1.165, 1.54) is 31.4 Å². The number of amides is 2. The van der Waals surface area contributed by atoms with E-state index in [0.29, 0.717) is 23.1 Å². The zero-order valence-corrected chi connectivity index (χ0v) is 18.1. The van der Waals surface area contributed by atoms with Gasteiger partial charge in [-0.2, -0.15) is 5.10 Å². The number of hydrogen-bond donors (Lipinski definition) is 1. The van der Waals surface area contributed by atoms with E-state index in [4.69, 9.17) is 0 Å². The smallest absolute Gasteiger partial charge is 0.259 e. The van der Waals surface area contributed by atoms with Crippen LogP contribution in [0.3, 0.4) is 0 Å². The molecule has 0 atom stereocenters. The molecular weight excluding hydrogens is 395 g/mol. The average Bonchev–Trinajstić information content (AvgIpc) is 3.16. The van der Waals surface area contributed by atoms with Crippen LogP contribution in [0.4, 0.5) is 10.1 Å². The summed E-state index contributed by atoms with van der Waals surface area (Å²) in [6.07, 6.45) is 10.0. The van der Waals surface area contributed by atoms with Gasteiger partial charge in [0.1, 0.15) is 5.82 Å². The maximum Gasteiger partial charge on any atom is 0.259 e. The molecule has 1 aliphatic heterocycles. The molecule has 1 saturated carbocycles. The number of carbonyl (C=O) groups excluding carboxylic acids is 2. The molecule has 1 saturated heterocycles. The minimum atomic E-state index is -0.339. The molecule has 4 rings (SSSR count). The molecular formula is C24H31FN4O2. The Bertz CT molecular complexity index is 910. The van der Waals surface area contributed by atoms with Crippen LogP contribution in [-0.4, -0.2) is 39.6 Å². The van der Waals surface area contributed by atoms with Crippen molar-refractivity contribution >= 4 is 17.5 Å². The molecule has 2 amide bonds. The fourth-order valence-corrected chi connectivity index (χ4v) is 4.85. The Hall–Kier alpha value is -2.70. The van der Waals surface area contributed by atoms with Gasteiger partial charge in [-0.3, -0.25) is 14.3 Å². The predicted octanol–water partition coefficient (Wildman–Crippen LogP) is 4.17. The standard InChI is InChI=1S/C24H31FN4O2/c1-28-16-21(23(30)26-20-9-7-19(25)8-10-20)22(27-28)15-17-11-13-29(14-12-17)24(31)18-5-3-2-4-6-18/h7-10,16-18H,2-6,11-15H2,1H3,(H,26,30). The first-order chi connectivity index (χ1) is 15.0. The van der Waals surface area contributed by atoms with Crippen molar-refractivity contribution in [3.05, 3.63) is 47.5 Å². The number of carbonyl (C=O) groups is 2. The van der Waals surface area contributed by atoms with Crippen molar-refractivity contribution in [1.82, 2.24) is 14.7 Å². The molecule has 1 aromatic carbocycles. The summed E-state index contributed by atoms with van der Waals surface area (Å²) in [4.78, 5) is 27.6. The van der Waals surface area contributed by atoms with Crippen molar-refractivity contribution in [2.24, 2.45) is 18.9 Å². The third-order valence-corrected chi connectivity index (χ3v) is 6.61. The minimum Gasteiger partial charge on any atom is -0.342 e. The van der Waals surface area contributed by atoms with Gasteiger partial charge in [-0.25, -0.2) is 4.39 Å². The number of anilines is 1. The van der Waals surface area contributed by atoms with Crippen LogP contribution in [0.25, 0.3) is 0 Å². The highest BCUT2D eigenvalue weighted by molar-refractivity contribution is 6.04. The van der Waals surface area contributed by atoms with Crippen molar-refractivity contribution in [3.63, 3.8) is 0 Å². The Labute approximate surface area is 182 Å². The summed E-state index contributed by atoms with van der Waals surface area (Å²) in [6, 6.07) is 5.73. The number of rotatable bonds is 5. The Kier molecular flexibility index (Phi) is 6.68. The normalized spacial score (nSPS) is 18.2. The van der Waals surface area contributed by atoms with Crippen LogP contribution in [0.1, 0.15) is 61.0 Å². The molecule has 2 fully saturated rings. The Morgan fingerprint density at radius 1 is 1.06 bits per heavy atom. The molecule has 7 heteroatoms. The maximum atomic E-state index is 13.1. The molecule has 1 aliphatic carbocycles. The number of halogens is 1. The highest BCUT2D eigenvalue weighted by atomic mass is 19.1. The van der Waals surface area contributed by atoms with Crippen LogP contribution in [0, 0.1) is 17.7 Å². The van der Waals surface area contributed by atoms with E-state index in [9.17, 15) is 14.0 Å². The summed E-state index contributed by atoms with van der Waals surface area (Å²) in [5.74, 6) is 0.397. The summed E-state index contributed by atoms with van der Waals surface area (Å²) in [7, 11) is 1.81. The SMILES string of the molecule is Cn1cc(C(=O)Nc2ccc(F)cc2)c(CC2CCN(C(=O)C3CCCCC3)CC2)n1. The van der Waals surface area contributed by atoms with E-state index < -0.39 is 0 Å². The Morgan fingerprint density at radius 3 is 2.42 bits per heavy atom. The summed E-state index contributed by atoms with van der Waals surface area (Å²) < 4.78 is 14.8. The first-order valence-corrected chi connectivity index (χ1v) is 11.4. The monoisotopic (exact) mass is 426 g/mol. The van der Waals surface area contributed by atoms with Crippen LogP contribution < -0.4 is 5.32 Å². The fourth-order valence-electron chi connectivity index (χ4n) is 4.85. The van der Waals surface area contributed by atoms with E-state index in [-0.39, 0.29) is 17.6 Å². The van der Waals surface area contributed by atoms with E-state index in [1.807, 2.05) is 11.9 Å². The van der Waals surface area contributed by atoms with Gasteiger partial charge < -0.3 is 10.2 Å². The van der Waals surface area contributed by atoms with Gasteiger partial charge in [0.05, 0.1) is 11.3 Å². The molecule has 0 spiro atoms. The third-order valence-electron chi connectivity index (χ3n) is 6.61. The van der Waals surface area contributed by atoms with Gasteiger partial charge >= 0.3 is 0 Å². The van der Waals surface area contributed by atoms with Crippen LogP contribution in [0.5, 0.6) is 0 Å². The number of nitrogens with one attached hydrogen (secondary N) is 1. The molecule has 2 aliphatic rings. The number of hydrogen-bond acceptors (Lipinski definition) is 3. The second kappa shape index (κ2) is 9.62. The molecule has 1 aromatic heterocycles. The lowest BCUT2D eigenvalue weighted by atomic mass is 9.86. The first-order valence-electron chi connectivity index (χ1n) is 11.4. The van der Waals surface area contributed by atoms with Crippen LogP contribution in [0.2, 0.25) is 0 Å². The van der Waals surface area contributed by atoms with Crippen molar-refractivity contribution in [2.75, 3.05) is 18.4 Å². The number of aryl methyl sites for hydroxylation is 1. The van der Waals surface area contributed by atoms with Crippen molar-refractivity contribution in [2.45, 2.75) is 51.4 Å². The molecule has 1 N–H and O–H groups in total. The predicted molar refractivity (Wildman–Crippen MR) is 117 cm³/mol. The second-order valence-corrected chi connectivity index (χ2v) is 8.93. The van der Waals surface area contributed by atoms with Gasteiger partial charge in [0.15, 0.2) is 0 Å². The zero-order valence-electron chi connectivity index (χ0n) is 18.1. The molecule has 31 heavy (non-hydrogen) atoms. The largest absolute Gasteiger partial charge is 0.342 e. The number of nitrogens with zero attached hydrogens (tertiary/aromatic N) is 3. The summed E-state index contributed by atoms with van der Waals surface area (Å²) >= 11 is 0. The van der Waals surface area contributed by atoms with Gasteiger partial charge in [-0.1, -0.05) is 19.3 Å². The summed E-state index contributed by atoms with van der Waals surface area (Å²) in [6.45, 7) is 1.59. The number of benzene rings is 1. The average molecular weight is 427 g/mol. The van der Waals surface area contributed by atoms with E-state index >= 15 is 0 Å². The molecule has 2 heterocycles. The zero-order chi connectivity index (χ0) is 21.8. The number of aromatic nitrogens is 2. The van der Waals surface area contributed by atoms with Gasteiger partial charge in [0.25, 0.3) is 5.91 Å². The van der Waals surface area contributed by atoms with Crippen LogP contribution in [-0.2, 0) is 18.3 Å². The lowest BCUT2D eigenvalue weighted by Crippen LogP contribution is -2.42. The Morgan fingerprint density at radius 2 is 1.74 bits per heavy atom. The second-order valence-electron chi connectivity index (χ2n) is 8.93. The molecule has 6 nitrogen and oxygen atoms in total. The quantitative estimate of drug-likeness (QED) is 0.780. The highest BCUT2D eigenvalue weighted by Gasteiger charge is 2.30. The van der Waals surface area contributed by atoms with E-state index in [0.717, 1.165) is 50.9 Å². The number of likely N-dealkylation sites (tertiary alicyclic amines) is 1.